The SMILES string of the molecule is CS(=O)OO.[Zn]. The van der Waals surface area contributed by atoms with E-state index in [0.717, 1.165) is 0 Å². The van der Waals surface area contributed by atoms with E-state index >= 15 is 0 Å². The molecule has 34 valence electrons. The summed E-state index contributed by atoms with van der Waals surface area (Å²) >= 11 is -1.52. The van der Waals surface area contributed by atoms with E-state index in [4.69, 9.17) is 5.26 Å². The van der Waals surface area contributed by atoms with Crippen molar-refractivity contribution in [3.63, 3.8) is 0 Å². The minimum atomic E-state index is -1.52. The van der Waals surface area contributed by atoms with E-state index in [9.17, 15) is 4.21 Å². The van der Waals surface area contributed by atoms with Gasteiger partial charge in [-0.2, -0.15) is 0 Å². The van der Waals surface area contributed by atoms with Crippen LogP contribution in [0.2, 0.25) is 0 Å². The molecule has 1 unspecified atom stereocenters. The molecule has 0 amide bonds. The Kier molecular flexibility index (Phi) is 9.35. The van der Waals surface area contributed by atoms with Gasteiger partial charge in [-0.15, -0.1) is 4.33 Å². The normalized spacial score (nSPS) is 12.3. The van der Waals surface area contributed by atoms with Crippen molar-refractivity contribution in [2.24, 2.45) is 0 Å². The predicted octanol–water partition coefficient (Wildman–Crippen LogP) is -0.233. The molecule has 0 aromatic carbocycles. The summed E-state index contributed by atoms with van der Waals surface area (Å²) in [6.07, 6.45) is 1.22. The Morgan fingerprint density at radius 3 is 2.00 bits per heavy atom. The zero-order chi connectivity index (χ0) is 4.28. The van der Waals surface area contributed by atoms with Crippen LogP contribution < -0.4 is 0 Å². The molecule has 0 saturated heterocycles. The summed E-state index contributed by atoms with van der Waals surface area (Å²) in [5.74, 6) is 0. The Balaban J connectivity index is 0. The summed E-state index contributed by atoms with van der Waals surface area (Å²) in [5, 5.41) is 7.34. The smallest absolute Gasteiger partial charge is 0.184 e. The van der Waals surface area contributed by atoms with E-state index in [1.807, 2.05) is 0 Å². The number of hydrogen-bond donors (Lipinski definition) is 1. The van der Waals surface area contributed by atoms with Crippen molar-refractivity contribution >= 4 is 11.1 Å². The molecule has 0 heterocycles. The van der Waals surface area contributed by atoms with Gasteiger partial charge in [-0.25, -0.2) is 9.47 Å². The van der Waals surface area contributed by atoms with Crippen LogP contribution in [-0.4, -0.2) is 15.7 Å². The first-order valence-electron chi connectivity index (χ1n) is 0.924. The van der Waals surface area contributed by atoms with Crippen molar-refractivity contribution < 1.29 is 33.3 Å². The second kappa shape index (κ2) is 5.69. The summed E-state index contributed by atoms with van der Waals surface area (Å²) < 4.78 is 12.7. The van der Waals surface area contributed by atoms with Gasteiger partial charge in [0.1, 0.15) is 0 Å². The fourth-order valence-corrected chi connectivity index (χ4v) is 0. The fraction of sp³-hybridized carbons (Fsp3) is 1.00. The van der Waals surface area contributed by atoms with Crippen molar-refractivity contribution in [2.75, 3.05) is 6.26 Å². The Morgan fingerprint density at radius 1 is 1.83 bits per heavy atom. The maximum absolute atomic E-state index is 9.45. The zero-order valence-corrected chi connectivity index (χ0v) is 7.16. The third-order valence-corrected chi connectivity index (χ3v) is 0.315. The van der Waals surface area contributed by atoms with E-state index in [1.165, 1.54) is 6.26 Å². The molecule has 0 aromatic heterocycles. The Labute approximate surface area is 51.0 Å². The molecule has 0 radical (unpaired) electrons. The monoisotopic (exact) mass is 160 g/mol. The average Bonchev–Trinajstić information content (AvgIpc) is 1.38. The molecule has 0 aromatic rings. The molecule has 0 saturated carbocycles. The van der Waals surface area contributed by atoms with Gasteiger partial charge in [0, 0.05) is 25.7 Å². The van der Waals surface area contributed by atoms with Crippen LogP contribution in [0.15, 0.2) is 0 Å². The molecule has 6 heavy (non-hydrogen) atoms. The molecule has 0 bridgehead atoms. The molecule has 5 heteroatoms. The molecule has 0 spiro atoms. The van der Waals surface area contributed by atoms with Crippen molar-refractivity contribution in [3.8, 4) is 0 Å². The molecule has 3 nitrogen and oxygen atoms in total. The summed E-state index contributed by atoms with van der Waals surface area (Å²) in [6, 6.07) is 0. The van der Waals surface area contributed by atoms with Gasteiger partial charge in [-0.05, 0) is 0 Å². The first-order valence-corrected chi connectivity index (χ1v) is 2.41. The van der Waals surface area contributed by atoms with Crippen molar-refractivity contribution in [3.05, 3.63) is 0 Å². The largest absolute Gasteiger partial charge is 0.237 e. The third-order valence-electron chi connectivity index (χ3n) is 0.105. The van der Waals surface area contributed by atoms with Crippen LogP contribution in [0.25, 0.3) is 0 Å². The quantitative estimate of drug-likeness (QED) is 0.328. The Hall–Kier alpha value is 0.693. The summed E-state index contributed by atoms with van der Waals surface area (Å²) in [6.45, 7) is 0. The van der Waals surface area contributed by atoms with Gasteiger partial charge in [-0.1, -0.05) is 0 Å². The molecular formula is CH4O3SZn. The van der Waals surface area contributed by atoms with E-state index in [-0.39, 0.29) is 19.5 Å². The fourth-order valence-electron chi connectivity index (χ4n) is 0. The van der Waals surface area contributed by atoms with Gasteiger partial charge in [0.15, 0.2) is 11.1 Å². The number of hydrogen-bond acceptors (Lipinski definition) is 3. The van der Waals surface area contributed by atoms with Crippen LogP contribution in [0.3, 0.4) is 0 Å². The second-order valence-corrected chi connectivity index (χ2v) is 1.43. The molecule has 1 N–H and O–H groups in total. The van der Waals surface area contributed by atoms with Crippen molar-refractivity contribution in [1.82, 2.24) is 0 Å². The van der Waals surface area contributed by atoms with Crippen molar-refractivity contribution in [2.45, 2.75) is 0 Å². The van der Waals surface area contributed by atoms with E-state index < -0.39 is 11.1 Å². The molecule has 0 aliphatic rings. The zero-order valence-electron chi connectivity index (χ0n) is 3.38. The van der Waals surface area contributed by atoms with Crippen LogP contribution in [0.1, 0.15) is 0 Å². The third kappa shape index (κ3) is 8.83. The predicted molar refractivity (Wildman–Crippen MR) is 17.8 cm³/mol. The minimum absolute atomic E-state index is 0. The maximum Gasteiger partial charge on any atom is 0.184 e. The average molecular weight is 161 g/mol. The summed E-state index contributed by atoms with van der Waals surface area (Å²) in [5.41, 5.74) is 0. The Morgan fingerprint density at radius 2 is 2.00 bits per heavy atom. The minimum Gasteiger partial charge on any atom is -0.237 e. The van der Waals surface area contributed by atoms with Gasteiger partial charge in [0.25, 0.3) is 0 Å². The van der Waals surface area contributed by atoms with Gasteiger partial charge in [0.05, 0.1) is 0 Å². The standard InChI is InChI=1S/CH4O3S.Zn/c1-5(3)4-2;/h2H,1H3;. The summed E-state index contributed by atoms with van der Waals surface area (Å²) in [7, 11) is 0. The van der Waals surface area contributed by atoms with Crippen LogP contribution in [0.5, 0.6) is 0 Å². The van der Waals surface area contributed by atoms with E-state index in [1.54, 1.807) is 0 Å². The van der Waals surface area contributed by atoms with Crippen LogP contribution in [-0.2, 0) is 34.9 Å². The topological polar surface area (TPSA) is 46.5 Å². The number of rotatable bonds is 1. The molecule has 0 rings (SSSR count). The van der Waals surface area contributed by atoms with Gasteiger partial charge >= 0.3 is 0 Å². The van der Waals surface area contributed by atoms with Crippen LogP contribution in [0.4, 0.5) is 0 Å². The molecule has 1 atom stereocenters. The van der Waals surface area contributed by atoms with Gasteiger partial charge in [0.2, 0.25) is 0 Å². The van der Waals surface area contributed by atoms with Crippen LogP contribution >= 0.6 is 0 Å². The maximum atomic E-state index is 9.45. The molecular weight excluding hydrogens is 157 g/mol. The van der Waals surface area contributed by atoms with E-state index in [0.29, 0.717) is 0 Å². The first-order chi connectivity index (χ1) is 2.27. The van der Waals surface area contributed by atoms with Crippen molar-refractivity contribution in [1.29, 1.82) is 0 Å². The molecule has 0 aliphatic heterocycles. The summed E-state index contributed by atoms with van der Waals surface area (Å²) in [4.78, 5) is 0. The molecule has 0 fully saturated rings. The van der Waals surface area contributed by atoms with Gasteiger partial charge < -0.3 is 0 Å². The van der Waals surface area contributed by atoms with Gasteiger partial charge in [-0.3, -0.25) is 0 Å². The Bertz CT molecular complexity index is 46.1. The van der Waals surface area contributed by atoms with Crippen LogP contribution in [0, 0.1) is 0 Å². The van der Waals surface area contributed by atoms with E-state index in [2.05, 4.69) is 4.33 Å². The first kappa shape index (κ1) is 9.85. The molecule has 0 aliphatic carbocycles. The second-order valence-electron chi connectivity index (χ2n) is 0.476.